The molecule has 0 radical (unpaired) electrons. The molecular formula is C27H18F3N3O2S2. The van der Waals surface area contributed by atoms with Crippen LogP contribution in [-0.4, -0.2) is 15.1 Å². The zero-order valence-corrected chi connectivity index (χ0v) is 20.6. The fraction of sp³-hybridized carbons (Fsp3) is 0.0370. The van der Waals surface area contributed by atoms with E-state index in [1.165, 1.54) is 11.3 Å². The summed E-state index contributed by atoms with van der Waals surface area (Å²) in [6.45, 7) is 0. The number of hydrogen-bond donors (Lipinski definition) is 2. The highest BCUT2D eigenvalue weighted by atomic mass is 32.2. The minimum atomic E-state index is -4.65. The van der Waals surface area contributed by atoms with Crippen molar-refractivity contribution in [1.29, 1.82) is 0 Å². The Kier molecular flexibility index (Phi) is 6.77. The van der Waals surface area contributed by atoms with Crippen LogP contribution < -0.4 is 10.0 Å². The van der Waals surface area contributed by atoms with Gasteiger partial charge in [-0.2, -0.15) is 13.2 Å². The normalized spacial score (nSPS) is 12.3. The molecule has 0 aliphatic heterocycles. The fourth-order valence-electron chi connectivity index (χ4n) is 3.75. The van der Waals surface area contributed by atoms with E-state index >= 15 is 0 Å². The Morgan fingerprint density at radius 1 is 0.892 bits per heavy atom. The molecule has 5 nitrogen and oxygen atoms in total. The van der Waals surface area contributed by atoms with Crippen molar-refractivity contribution in [3.8, 4) is 11.3 Å². The van der Waals surface area contributed by atoms with Crippen LogP contribution in [0, 0.1) is 0 Å². The average Bonchev–Trinajstić information content (AvgIpc) is 3.36. The van der Waals surface area contributed by atoms with E-state index in [0.29, 0.717) is 16.0 Å². The smallest absolute Gasteiger partial charge is 0.300 e. The molecule has 4 aromatic carbocycles. The number of nitrogens with one attached hydrogen (secondary N) is 2. The molecule has 5 aromatic rings. The maximum atomic E-state index is 13.5. The largest absolute Gasteiger partial charge is 0.416 e. The first kappa shape index (κ1) is 24.7. The number of carbonyl (C=O) groups excluding carboxylic acids is 1. The van der Waals surface area contributed by atoms with Gasteiger partial charge < -0.3 is 4.72 Å². The van der Waals surface area contributed by atoms with Crippen molar-refractivity contribution >= 4 is 49.8 Å². The molecule has 37 heavy (non-hydrogen) atoms. The second kappa shape index (κ2) is 10.2. The van der Waals surface area contributed by atoms with Gasteiger partial charge in [-0.25, -0.2) is 9.19 Å². The molecule has 0 aliphatic rings. The van der Waals surface area contributed by atoms with Gasteiger partial charge in [-0.15, -0.1) is 11.3 Å². The number of nitrogens with zero attached hydrogens (tertiary/aromatic N) is 1. The zero-order chi connectivity index (χ0) is 26.0. The Morgan fingerprint density at radius 2 is 1.62 bits per heavy atom. The summed E-state index contributed by atoms with van der Waals surface area (Å²) in [5.41, 5.74) is 0.240. The lowest BCUT2D eigenvalue weighted by Gasteiger charge is -2.15. The Hall–Kier alpha value is -4.02. The van der Waals surface area contributed by atoms with Crippen molar-refractivity contribution in [2.24, 2.45) is 0 Å². The predicted molar refractivity (Wildman–Crippen MR) is 141 cm³/mol. The summed E-state index contributed by atoms with van der Waals surface area (Å²) in [5.74, 6) is -0.680. The molecule has 0 fully saturated rings. The third kappa shape index (κ3) is 5.40. The van der Waals surface area contributed by atoms with Gasteiger partial charge in [0.2, 0.25) is 0 Å². The molecule has 5 rings (SSSR count). The minimum absolute atomic E-state index is 0.0990. The summed E-state index contributed by atoms with van der Waals surface area (Å²) < 4.78 is 56.3. The first-order chi connectivity index (χ1) is 17.8. The van der Waals surface area contributed by atoms with Crippen LogP contribution in [0.25, 0.3) is 22.0 Å². The molecule has 1 unspecified atom stereocenters. The van der Waals surface area contributed by atoms with Crippen molar-refractivity contribution in [2.45, 2.75) is 11.1 Å². The maximum Gasteiger partial charge on any atom is 0.416 e. The third-order valence-electron chi connectivity index (χ3n) is 5.54. The van der Waals surface area contributed by atoms with Gasteiger partial charge in [0, 0.05) is 10.9 Å². The Bertz CT molecular complexity index is 1610. The van der Waals surface area contributed by atoms with Crippen LogP contribution in [-0.2, 0) is 17.2 Å². The number of rotatable bonds is 6. The van der Waals surface area contributed by atoms with Gasteiger partial charge >= 0.3 is 6.18 Å². The van der Waals surface area contributed by atoms with Crippen LogP contribution in [0.3, 0.4) is 0 Å². The van der Waals surface area contributed by atoms with E-state index < -0.39 is 28.6 Å². The summed E-state index contributed by atoms with van der Waals surface area (Å²) >= 11 is 1.19. The Balaban J connectivity index is 1.46. The van der Waals surface area contributed by atoms with Crippen molar-refractivity contribution in [3.63, 3.8) is 0 Å². The molecule has 1 amide bonds. The van der Waals surface area contributed by atoms with Crippen molar-refractivity contribution in [3.05, 3.63) is 108 Å². The topological polar surface area (TPSA) is 71.1 Å². The summed E-state index contributed by atoms with van der Waals surface area (Å²) in [4.78, 5) is 17.9. The lowest BCUT2D eigenvalue weighted by atomic mass is 10.1. The van der Waals surface area contributed by atoms with Crippen molar-refractivity contribution < 1.29 is 22.2 Å². The second-order valence-corrected chi connectivity index (χ2v) is 10.0. The summed E-state index contributed by atoms with van der Waals surface area (Å²) in [5, 5.41) is 6.20. The SMILES string of the molecule is O=C(Nc1nc(-c2ccccc2)cs1)c1ccc(C(F)(F)F)cc1NS(=O)c1cccc2ccccc12. The van der Waals surface area contributed by atoms with E-state index in [2.05, 4.69) is 15.0 Å². The molecule has 0 spiro atoms. The predicted octanol–water partition coefficient (Wildman–Crippen LogP) is 7.37. The number of aromatic nitrogens is 1. The van der Waals surface area contributed by atoms with Gasteiger partial charge in [0.15, 0.2) is 16.1 Å². The van der Waals surface area contributed by atoms with Crippen LogP contribution in [0.5, 0.6) is 0 Å². The number of halogens is 3. The molecule has 186 valence electrons. The molecule has 0 saturated heterocycles. The number of benzene rings is 4. The first-order valence-electron chi connectivity index (χ1n) is 11.0. The van der Waals surface area contributed by atoms with Gasteiger partial charge in [-0.1, -0.05) is 66.7 Å². The van der Waals surface area contributed by atoms with Gasteiger partial charge in [0.05, 0.1) is 27.4 Å². The van der Waals surface area contributed by atoms with Crippen LogP contribution in [0.4, 0.5) is 24.0 Å². The van der Waals surface area contributed by atoms with Gasteiger partial charge in [-0.3, -0.25) is 10.1 Å². The Labute approximate surface area is 216 Å². The summed E-state index contributed by atoms with van der Waals surface area (Å²) in [7, 11) is -1.95. The number of carbonyl (C=O) groups is 1. The monoisotopic (exact) mass is 537 g/mol. The molecular weight excluding hydrogens is 519 g/mol. The number of hydrogen-bond acceptors (Lipinski definition) is 4. The molecule has 0 aliphatic carbocycles. The van der Waals surface area contributed by atoms with Crippen molar-refractivity contribution in [1.82, 2.24) is 4.98 Å². The van der Waals surface area contributed by atoms with Crippen LogP contribution in [0.15, 0.2) is 101 Å². The van der Waals surface area contributed by atoms with Crippen LogP contribution in [0.2, 0.25) is 0 Å². The molecule has 10 heteroatoms. The number of fused-ring (bicyclic) bond motifs is 1. The molecule has 1 heterocycles. The molecule has 0 saturated carbocycles. The maximum absolute atomic E-state index is 13.5. The lowest BCUT2D eigenvalue weighted by Crippen LogP contribution is -2.17. The van der Waals surface area contributed by atoms with Gasteiger partial charge in [0.1, 0.15) is 0 Å². The highest BCUT2D eigenvalue weighted by Crippen LogP contribution is 2.34. The molecule has 0 bridgehead atoms. The molecule has 2 N–H and O–H groups in total. The fourth-order valence-corrected chi connectivity index (χ4v) is 5.53. The lowest BCUT2D eigenvalue weighted by molar-refractivity contribution is -0.137. The van der Waals surface area contributed by atoms with E-state index in [4.69, 9.17) is 0 Å². The highest BCUT2D eigenvalue weighted by molar-refractivity contribution is 7.86. The second-order valence-electron chi connectivity index (χ2n) is 7.96. The number of thiazole rings is 1. The zero-order valence-electron chi connectivity index (χ0n) is 19.0. The van der Waals surface area contributed by atoms with E-state index in [1.54, 1.807) is 29.6 Å². The number of alkyl halides is 3. The standard InChI is InChI=1S/C27H18F3N3O2S2/c28-27(29,30)19-13-14-21(25(34)32-26-31-23(16-36-26)18-8-2-1-3-9-18)22(15-19)33-37(35)24-12-6-10-17-7-4-5-11-20(17)24/h1-16,33H,(H,31,32,34). The van der Waals surface area contributed by atoms with E-state index in [1.807, 2.05) is 48.5 Å². The minimum Gasteiger partial charge on any atom is -0.300 e. The number of anilines is 2. The van der Waals surface area contributed by atoms with E-state index in [9.17, 15) is 22.2 Å². The van der Waals surface area contributed by atoms with Crippen LogP contribution in [0.1, 0.15) is 15.9 Å². The quantitative estimate of drug-likeness (QED) is 0.238. The van der Waals surface area contributed by atoms with E-state index in [0.717, 1.165) is 29.1 Å². The van der Waals surface area contributed by atoms with E-state index in [-0.39, 0.29) is 16.4 Å². The van der Waals surface area contributed by atoms with Crippen LogP contribution >= 0.6 is 11.3 Å². The average molecular weight is 538 g/mol. The molecule has 1 atom stereocenters. The van der Waals surface area contributed by atoms with Gasteiger partial charge in [0.25, 0.3) is 5.91 Å². The number of amides is 1. The molecule has 1 aromatic heterocycles. The van der Waals surface area contributed by atoms with Gasteiger partial charge in [-0.05, 0) is 35.0 Å². The third-order valence-corrected chi connectivity index (χ3v) is 7.46. The van der Waals surface area contributed by atoms with Crippen molar-refractivity contribution in [2.75, 3.05) is 10.0 Å². The Morgan fingerprint density at radius 3 is 2.41 bits per heavy atom. The first-order valence-corrected chi connectivity index (χ1v) is 13.0. The summed E-state index contributed by atoms with van der Waals surface area (Å²) in [6, 6.07) is 24.4. The summed E-state index contributed by atoms with van der Waals surface area (Å²) in [6.07, 6.45) is -4.65. The highest BCUT2D eigenvalue weighted by Gasteiger charge is 2.32.